The van der Waals surface area contributed by atoms with E-state index in [1.165, 1.54) is 0 Å². The molecule has 1 N–H and O–H groups in total. The third kappa shape index (κ3) is 3.51. The van der Waals surface area contributed by atoms with Crippen molar-refractivity contribution < 1.29 is 9.21 Å². The largest absolute Gasteiger partial charge is 0.451 e. The van der Waals surface area contributed by atoms with Crippen LogP contribution in [0, 0.1) is 6.92 Å². The molecular formula is C19H21N3O2S2. The second-order valence-corrected chi connectivity index (χ2v) is 8.64. The van der Waals surface area contributed by atoms with E-state index in [-0.39, 0.29) is 5.91 Å². The molecule has 1 amide bonds. The molecule has 5 nitrogen and oxygen atoms in total. The van der Waals surface area contributed by atoms with E-state index >= 15 is 0 Å². The number of nitrogens with zero attached hydrogens (tertiary/aromatic N) is 2. The lowest BCUT2D eigenvalue weighted by atomic mass is 10.1. The Bertz CT molecular complexity index is 934. The minimum atomic E-state index is -0.0135. The summed E-state index contributed by atoms with van der Waals surface area (Å²) in [6.45, 7) is 6.32. The molecule has 0 radical (unpaired) electrons. The van der Waals surface area contributed by atoms with Crippen LogP contribution in [0.25, 0.3) is 11.0 Å². The molecule has 7 heteroatoms. The van der Waals surface area contributed by atoms with Crippen LogP contribution in [0.5, 0.6) is 0 Å². The van der Waals surface area contributed by atoms with Crippen molar-refractivity contribution in [3.8, 4) is 0 Å². The predicted molar refractivity (Wildman–Crippen MR) is 106 cm³/mol. The fraction of sp³-hybridized carbons (Fsp3) is 0.368. The third-order valence-electron chi connectivity index (χ3n) is 4.49. The molecule has 1 aliphatic rings. The van der Waals surface area contributed by atoms with Gasteiger partial charge in [-0.05, 0) is 19.9 Å². The standard InChI is InChI=1S/C19H21N3O2S2/c1-12-9-22(8-7-20-12)18(23)17-15(11-26-19-21-13(2)10-25-19)14-5-3-4-6-16(14)24-17/h3-6,10,12,20H,7-9,11H2,1-2H3/t12-/m1/s1. The summed E-state index contributed by atoms with van der Waals surface area (Å²) in [5.74, 6) is 1.13. The topological polar surface area (TPSA) is 58.4 Å². The zero-order chi connectivity index (χ0) is 18.1. The highest BCUT2D eigenvalue weighted by atomic mass is 32.2. The van der Waals surface area contributed by atoms with Gasteiger partial charge in [-0.25, -0.2) is 4.98 Å². The number of rotatable bonds is 4. The van der Waals surface area contributed by atoms with E-state index < -0.39 is 0 Å². The van der Waals surface area contributed by atoms with Crippen molar-refractivity contribution in [1.82, 2.24) is 15.2 Å². The Hall–Kier alpha value is -1.83. The first-order valence-electron chi connectivity index (χ1n) is 8.70. The molecule has 0 unspecified atom stereocenters. The molecule has 136 valence electrons. The quantitative estimate of drug-likeness (QED) is 0.688. The number of hydrogen-bond donors (Lipinski definition) is 1. The Morgan fingerprint density at radius 1 is 1.46 bits per heavy atom. The molecule has 3 aromatic rings. The Morgan fingerprint density at radius 2 is 2.31 bits per heavy atom. The van der Waals surface area contributed by atoms with Gasteiger partial charge in [0.2, 0.25) is 0 Å². The molecule has 0 saturated carbocycles. The maximum Gasteiger partial charge on any atom is 0.290 e. The van der Waals surface area contributed by atoms with E-state index in [0.717, 1.165) is 33.1 Å². The average Bonchev–Trinajstić information content (AvgIpc) is 3.22. The molecule has 1 atom stereocenters. The van der Waals surface area contributed by atoms with E-state index in [9.17, 15) is 4.79 Å². The van der Waals surface area contributed by atoms with E-state index in [1.807, 2.05) is 41.5 Å². The van der Waals surface area contributed by atoms with Crippen LogP contribution in [0.3, 0.4) is 0 Å². The van der Waals surface area contributed by atoms with Gasteiger partial charge in [0.1, 0.15) is 9.92 Å². The highest BCUT2D eigenvalue weighted by Crippen LogP contribution is 2.33. The van der Waals surface area contributed by atoms with Crippen molar-refractivity contribution in [3.05, 3.63) is 46.7 Å². The van der Waals surface area contributed by atoms with Crippen LogP contribution in [0.1, 0.15) is 28.7 Å². The number of thioether (sulfide) groups is 1. The fourth-order valence-electron chi connectivity index (χ4n) is 3.21. The van der Waals surface area contributed by atoms with Crippen LogP contribution in [-0.4, -0.2) is 41.5 Å². The van der Waals surface area contributed by atoms with E-state index in [4.69, 9.17) is 4.42 Å². The van der Waals surface area contributed by atoms with Gasteiger partial charge in [-0.15, -0.1) is 11.3 Å². The zero-order valence-corrected chi connectivity index (χ0v) is 16.5. The van der Waals surface area contributed by atoms with Crippen molar-refractivity contribution in [1.29, 1.82) is 0 Å². The number of furan rings is 1. The second kappa shape index (κ2) is 7.42. The summed E-state index contributed by atoms with van der Waals surface area (Å²) >= 11 is 3.29. The van der Waals surface area contributed by atoms with Crippen LogP contribution in [0.15, 0.2) is 38.4 Å². The molecule has 3 heterocycles. The van der Waals surface area contributed by atoms with Gasteiger partial charge in [0.05, 0.1) is 0 Å². The maximum absolute atomic E-state index is 13.1. The van der Waals surface area contributed by atoms with Crippen molar-refractivity contribution in [2.75, 3.05) is 19.6 Å². The van der Waals surface area contributed by atoms with Crippen molar-refractivity contribution in [2.45, 2.75) is 30.0 Å². The molecule has 26 heavy (non-hydrogen) atoms. The summed E-state index contributed by atoms with van der Waals surface area (Å²) in [5, 5.41) is 6.43. The highest BCUT2D eigenvalue weighted by molar-refractivity contribution is 8.00. The van der Waals surface area contributed by atoms with Crippen molar-refractivity contribution in [3.63, 3.8) is 0 Å². The Labute approximate surface area is 160 Å². The molecule has 1 aliphatic heterocycles. The van der Waals surface area contributed by atoms with Crippen LogP contribution in [0.2, 0.25) is 0 Å². The summed E-state index contributed by atoms with van der Waals surface area (Å²) < 4.78 is 7.02. The minimum Gasteiger partial charge on any atom is -0.451 e. The molecule has 0 spiro atoms. The highest BCUT2D eigenvalue weighted by Gasteiger charge is 2.28. The first-order chi connectivity index (χ1) is 12.6. The Balaban J connectivity index is 1.65. The average molecular weight is 388 g/mol. The van der Waals surface area contributed by atoms with E-state index in [2.05, 4.69) is 17.2 Å². The fourth-order valence-corrected chi connectivity index (χ4v) is 5.08. The molecular weight excluding hydrogens is 366 g/mol. The number of amides is 1. The third-order valence-corrected chi connectivity index (χ3v) is 6.65. The van der Waals surface area contributed by atoms with Gasteiger partial charge in [-0.2, -0.15) is 0 Å². The molecule has 1 fully saturated rings. The van der Waals surface area contributed by atoms with Crippen LogP contribution in [-0.2, 0) is 5.75 Å². The molecule has 1 saturated heterocycles. The van der Waals surface area contributed by atoms with E-state index in [1.54, 1.807) is 23.1 Å². The normalized spacial score (nSPS) is 17.8. The maximum atomic E-state index is 13.1. The zero-order valence-electron chi connectivity index (χ0n) is 14.8. The van der Waals surface area contributed by atoms with Gasteiger partial charge < -0.3 is 14.6 Å². The number of aryl methyl sites for hydroxylation is 1. The van der Waals surface area contributed by atoms with Gasteiger partial charge in [-0.1, -0.05) is 30.0 Å². The molecule has 4 rings (SSSR count). The number of carbonyl (C=O) groups is 1. The van der Waals surface area contributed by atoms with Crippen LogP contribution in [0.4, 0.5) is 0 Å². The summed E-state index contributed by atoms with van der Waals surface area (Å²) in [6.07, 6.45) is 0. The summed E-state index contributed by atoms with van der Waals surface area (Å²) in [6, 6.07) is 8.18. The summed E-state index contributed by atoms with van der Waals surface area (Å²) in [5.41, 5.74) is 2.76. The van der Waals surface area contributed by atoms with Crippen molar-refractivity contribution >= 4 is 40.0 Å². The number of piperazine rings is 1. The van der Waals surface area contributed by atoms with E-state index in [0.29, 0.717) is 30.6 Å². The number of fused-ring (bicyclic) bond motifs is 1. The van der Waals surface area contributed by atoms with Crippen molar-refractivity contribution in [2.24, 2.45) is 0 Å². The summed E-state index contributed by atoms with van der Waals surface area (Å²) in [4.78, 5) is 19.5. The first-order valence-corrected chi connectivity index (χ1v) is 10.6. The molecule has 0 bridgehead atoms. The number of benzene rings is 1. The van der Waals surface area contributed by atoms with Gasteiger partial charge >= 0.3 is 0 Å². The molecule has 0 aliphatic carbocycles. The Morgan fingerprint density at radius 3 is 3.08 bits per heavy atom. The molecule has 1 aromatic carbocycles. The number of para-hydroxylation sites is 1. The number of thiazole rings is 1. The SMILES string of the molecule is Cc1csc(SCc2c(C(=O)N3CCN[C@H](C)C3)oc3ccccc23)n1. The van der Waals surface area contributed by atoms with Gasteiger partial charge in [0, 0.05) is 53.5 Å². The number of nitrogens with one attached hydrogen (secondary N) is 1. The minimum absolute atomic E-state index is 0.0135. The first kappa shape index (κ1) is 17.6. The van der Waals surface area contributed by atoms with Crippen LogP contribution < -0.4 is 5.32 Å². The van der Waals surface area contributed by atoms with Crippen LogP contribution >= 0.6 is 23.1 Å². The van der Waals surface area contributed by atoms with Gasteiger partial charge in [-0.3, -0.25) is 4.79 Å². The Kier molecular flexibility index (Phi) is 5.02. The van der Waals surface area contributed by atoms with Gasteiger partial charge in [0.15, 0.2) is 5.76 Å². The summed E-state index contributed by atoms with van der Waals surface area (Å²) in [7, 11) is 0. The smallest absolute Gasteiger partial charge is 0.290 e. The monoisotopic (exact) mass is 387 g/mol. The second-order valence-electron chi connectivity index (χ2n) is 6.56. The lowest BCUT2D eigenvalue weighted by Gasteiger charge is -2.31. The number of hydrogen-bond acceptors (Lipinski definition) is 6. The lowest BCUT2D eigenvalue weighted by molar-refractivity contribution is 0.0678. The predicted octanol–water partition coefficient (Wildman–Crippen LogP) is 3.92. The number of aromatic nitrogens is 1. The molecule has 2 aromatic heterocycles. The van der Waals surface area contributed by atoms with Gasteiger partial charge in [0.25, 0.3) is 5.91 Å². The lowest BCUT2D eigenvalue weighted by Crippen LogP contribution is -2.51. The number of carbonyl (C=O) groups excluding carboxylic acids is 1.